The van der Waals surface area contributed by atoms with E-state index in [1.165, 1.54) is 10.9 Å². The highest BCUT2D eigenvalue weighted by Gasteiger charge is 2.44. The van der Waals surface area contributed by atoms with Gasteiger partial charge in [-0.25, -0.2) is 4.98 Å². The van der Waals surface area contributed by atoms with E-state index in [2.05, 4.69) is 20.3 Å². The fourth-order valence-corrected chi connectivity index (χ4v) is 4.15. The van der Waals surface area contributed by atoms with Gasteiger partial charge < -0.3 is 30.1 Å². The van der Waals surface area contributed by atoms with Gasteiger partial charge in [-0.15, -0.1) is 0 Å². The number of rotatable bonds is 6. The lowest BCUT2D eigenvalue weighted by atomic mass is 10.1. The van der Waals surface area contributed by atoms with Gasteiger partial charge in [-0.1, -0.05) is 18.2 Å². The predicted molar refractivity (Wildman–Crippen MR) is 111 cm³/mol. The van der Waals surface area contributed by atoms with E-state index in [9.17, 15) is 15.3 Å². The molecule has 0 spiro atoms. The number of ether oxygens (including phenoxy) is 2. The van der Waals surface area contributed by atoms with Gasteiger partial charge in [0.15, 0.2) is 23.2 Å². The second-order valence-electron chi connectivity index (χ2n) is 7.92. The van der Waals surface area contributed by atoms with Gasteiger partial charge in [0, 0.05) is 5.69 Å². The van der Waals surface area contributed by atoms with Crippen molar-refractivity contribution in [2.45, 2.75) is 56.3 Å². The molecular formula is C21H25N5O5. The van der Waals surface area contributed by atoms with Crippen molar-refractivity contribution in [3.8, 4) is 6.01 Å². The Balaban J connectivity index is 1.55. The Bertz CT molecular complexity index is 1040. The van der Waals surface area contributed by atoms with Gasteiger partial charge in [0.1, 0.15) is 24.4 Å². The summed E-state index contributed by atoms with van der Waals surface area (Å²) in [6.07, 6.45) is 1.38. The van der Waals surface area contributed by atoms with Gasteiger partial charge >= 0.3 is 6.01 Å². The van der Waals surface area contributed by atoms with E-state index < -0.39 is 31.1 Å². The summed E-state index contributed by atoms with van der Waals surface area (Å²) in [5, 5.41) is 33.3. The monoisotopic (exact) mass is 427 g/mol. The van der Waals surface area contributed by atoms with Crippen LogP contribution in [0.15, 0.2) is 36.7 Å². The van der Waals surface area contributed by atoms with Crippen molar-refractivity contribution in [3.63, 3.8) is 0 Å². The number of imidazole rings is 1. The SMILES string of the molecule is OC[C@H]1O[C@@H](n2cnc3c(Nc4ccccc4)nc(OC4CCCC4)nc32)[C@H](O)[C@@H]1O. The number of benzene rings is 1. The van der Waals surface area contributed by atoms with Crippen LogP contribution in [0.2, 0.25) is 0 Å². The molecule has 0 bridgehead atoms. The minimum absolute atomic E-state index is 0.0623. The van der Waals surface area contributed by atoms with Crippen LogP contribution in [0.25, 0.3) is 11.2 Å². The number of aromatic nitrogens is 4. The number of fused-ring (bicyclic) bond motifs is 1. The third kappa shape index (κ3) is 3.83. The van der Waals surface area contributed by atoms with E-state index in [-0.39, 0.29) is 12.1 Å². The lowest BCUT2D eigenvalue weighted by Crippen LogP contribution is -2.33. The Morgan fingerprint density at radius 2 is 1.87 bits per heavy atom. The number of nitrogens with one attached hydrogen (secondary N) is 1. The van der Waals surface area contributed by atoms with Crippen molar-refractivity contribution in [1.82, 2.24) is 19.5 Å². The van der Waals surface area contributed by atoms with Gasteiger partial charge in [-0.2, -0.15) is 9.97 Å². The highest BCUT2D eigenvalue weighted by molar-refractivity contribution is 5.85. The molecule has 1 aliphatic heterocycles. The zero-order chi connectivity index (χ0) is 21.4. The largest absolute Gasteiger partial charge is 0.460 e. The van der Waals surface area contributed by atoms with Crippen LogP contribution in [0.3, 0.4) is 0 Å². The smallest absolute Gasteiger partial charge is 0.320 e. The number of aliphatic hydroxyl groups excluding tert-OH is 3. The number of hydrogen-bond donors (Lipinski definition) is 4. The molecule has 3 heterocycles. The van der Waals surface area contributed by atoms with Crippen LogP contribution in [0.5, 0.6) is 6.01 Å². The van der Waals surface area contributed by atoms with Crippen molar-refractivity contribution < 1.29 is 24.8 Å². The molecule has 0 unspecified atom stereocenters. The number of nitrogens with zero attached hydrogens (tertiary/aromatic N) is 4. The first-order valence-electron chi connectivity index (χ1n) is 10.5. The zero-order valence-electron chi connectivity index (χ0n) is 16.8. The van der Waals surface area contributed by atoms with E-state index in [0.717, 1.165) is 31.4 Å². The van der Waals surface area contributed by atoms with Crippen molar-refractivity contribution >= 4 is 22.7 Å². The summed E-state index contributed by atoms with van der Waals surface area (Å²) in [5.74, 6) is 0.467. The molecule has 1 saturated heterocycles. The summed E-state index contributed by atoms with van der Waals surface area (Å²) in [6.45, 7) is -0.410. The summed E-state index contributed by atoms with van der Waals surface area (Å²) in [7, 11) is 0. The van der Waals surface area contributed by atoms with E-state index in [4.69, 9.17) is 9.47 Å². The van der Waals surface area contributed by atoms with Crippen molar-refractivity contribution in [2.75, 3.05) is 11.9 Å². The molecule has 1 aromatic carbocycles. The van der Waals surface area contributed by atoms with Crippen LogP contribution in [-0.4, -0.2) is 65.9 Å². The second-order valence-corrected chi connectivity index (χ2v) is 7.92. The number of hydrogen-bond acceptors (Lipinski definition) is 9. The lowest BCUT2D eigenvalue weighted by molar-refractivity contribution is -0.0511. The molecule has 164 valence electrons. The highest BCUT2D eigenvalue weighted by Crippen LogP contribution is 2.34. The Morgan fingerprint density at radius 1 is 1.10 bits per heavy atom. The summed E-state index contributed by atoms with van der Waals surface area (Å²) in [4.78, 5) is 13.5. The van der Waals surface area contributed by atoms with Gasteiger partial charge in [-0.3, -0.25) is 4.57 Å². The molecule has 1 saturated carbocycles. The molecule has 0 radical (unpaired) electrons. The fourth-order valence-electron chi connectivity index (χ4n) is 4.15. The van der Waals surface area contributed by atoms with Crippen molar-refractivity contribution in [2.24, 2.45) is 0 Å². The maximum atomic E-state index is 10.5. The molecule has 2 fully saturated rings. The van der Waals surface area contributed by atoms with Crippen LogP contribution in [0.1, 0.15) is 31.9 Å². The third-order valence-corrected chi connectivity index (χ3v) is 5.80. The number of aliphatic hydroxyl groups is 3. The zero-order valence-corrected chi connectivity index (χ0v) is 16.8. The fraction of sp³-hybridized carbons (Fsp3) is 0.476. The summed E-state index contributed by atoms with van der Waals surface area (Å²) in [5.41, 5.74) is 1.70. The maximum absolute atomic E-state index is 10.5. The van der Waals surface area contributed by atoms with Crippen LogP contribution < -0.4 is 10.1 Å². The molecule has 10 heteroatoms. The van der Waals surface area contributed by atoms with Crippen LogP contribution in [0.4, 0.5) is 11.5 Å². The topological polar surface area (TPSA) is 135 Å². The first kappa shape index (κ1) is 20.1. The van der Waals surface area contributed by atoms with E-state index in [0.29, 0.717) is 17.0 Å². The molecule has 4 atom stereocenters. The van der Waals surface area contributed by atoms with Crippen molar-refractivity contribution in [3.05, 3.63) is 36.7 Å². The summed E-state index contributed by atoms with van der Waals surface area (Å²) < 4.78 is 13.3. The second kappa shape index (κ2) is 8.39. The van der Waals surface area contributed by atoms with Gasteiger partial charge in [0.2, 0.25) is 0 Å². The molecule has 10 nitrogen and oxygen atoms in total. The van der Waals surface area contributed by atoms with Crippen LogP contribution in [-0.2, 0) is 4.74 Å². The summed E-state index contributed by atoms with van der Waals surface area (Å²) in [6, 6.07) is 9.78. The first-order valence-corrected chi connectivity index (χ1v) is 10.5. The number of para-hydroxylation sites is 1. The Labute approximate surface area is 178 Å². The van der Waals surface area contributed by atoms with Gasteiger partial charge in [0.05, 0.1) is 12.9 Å². The normalized spacial score (nSPS) is 26.5. The van der Waals surface area contributed by atoms with Crippen LogP contribution in [0, 0.1) is 0 Å². The average molecular weight is 427 g/mol. The maximum Gasteiger partial charge on any atom is 0.320 e. The molecule has 0 amide bonds. The van der Waals surface area contributed by atoms with Crippen molar-refractivity contribution in [1.29, 1.82) is 0 Å². The molecule has 2 aliphatic rings. The Hall–Kier alpha value is -2.79. The predicted octanol–water partition coefficient (Wildman–Crippen LogP) is 1.50. The Kier molecular flexibility index (Phi) is 5.45. The Morgan fingerprint density at radius 3 is 2.58 bits per heavy atom. The number of anilines is 2. The molecule has 1 aliphatic carbocycles. The lowest BCUT2D eigenvalue weighted by Gasteiger charge is -2.18. The molecule has 5 rings (SSSR count). The van der Waals surface area contributed by atoms with Gasteiger partial charge in [-0.05, 0) is 37.8 Å². The summed E-state index contributed by atoms with van der Waals surface area (Å²) >= 11 is 0. The van der Waals surface area contributed by atoms with E-state index >= 15 is 0 Å². The van der Waals surface area contributed by atoms with Gasteiger partial charge in [0.25, 0.3) is 0 Å². The average Bonchev–Trinajstić information content (AvgIpc) is 3.50. The minimum Gasteiger partial charge on any atom is -0.460 e. The molecule has 4 N–H and O–H groups in total. The third-order valence-electron chi connectivity index (χ3n) is 5.80. The van der Waals surface area contributed by atoms with E-state index in [1.54, 1.807) is 0 Å². The molecule has 2 aromatic heterocycles. The van der Waals surface area contributed by atoms with Crippen LogP contribution >= 0.6 is 0 Å². The molecular weight excluding hydrogens is 402 g/mol. The van der Waals surface area contributed by atoms with E-state index in [1.807, 2.05) is 30.3 Å². The standard InChI is InChI=1S/C21H25N5O5/c27-10-14-16(28)17(29)20(31-14)26-11-22-15-18(23-12-6-2-1-3-7-12)24-21(25-19(15)26)30-13-8-4-5-9-13/h1-3,6-7,11,13-14,16-17,20,27-29H,4-5,8-10H2,(H,23,24,25)/t14-,16-,17-,20-/m1/s1. The molecule has 3 aromatic rings. The minimum atomic E-state index is -1.24. The quantitative estimate of drug-likeness (QED) is 0.461. The molecule has 31 heavy (non-hydrogen) atoms. The highest BCUT2D eigenvalue weighted by atomic mass is 16.6. The first-order chi connectivity index (χ1) is 15.1.